The van der Waals surface area contributed by atoms with E-state index in [1.165, 1.54) is 64.2 Å². The Morgan fingerprint density at radius 1 is 0.328 bits per heavy atom. The number of ether oxygens (including phenoxy) is 3. The molecular formula is C58H98O6. The van der Waals surface area contributed by atoms with E-state index in [1.807, 2.05) is 0 Å². The second-order valence-corrected chi connectivity index (χ2v) is 17.4. The summed E-state index contributed by atoms with van der Waals surface area (Å²) < 4.78 is 16.8. The van der Waals surface area contributed by atoms with Gasteiger partial charge in [0.15, 0.2) is 6.10 Å². The van der Waals surface area contributed by atoms with Gasteiger partial charge in [-0.2, -0.15) is 0 Å². The molecule has 1 unspecified atom stereocenters. The molecule has 0 aromatic heterocycles. The van der Waals surface area contributed by atoms with Crippen LogP contribution in [0.5, 0.6) is 0 Å². The molecular weight excluding hydrogens is 793 g/mol. The highest BCUT2D eigenvalue weighted by Crippen LogP contribution is 2.14. The Hall–Kier alpha value is -3.41. The Labute approximate surface area is 395 Å². The van der Waals surface area contributed by atoms with Crippen LogP contribution in [-0.4, -0.2) is 37.2 Å². The van der Waals surface area contributed by atoms with Crippen LogP contribution in [0, 0.1) is 0 Å². The van der Waals surface area contributed by atoms with Crippen LogP contribution < -0.4 is 0 Å². The van der Waals surface area contributed by atoms with Gasteiger partial charge < -0.3 is 14.2 Å². The Morgan fingerprint density at radius 2 is 0.609 bits per heavy atom. The Balaban J connectivity index is 4.45. The van der Waals surface area contributed by atoms with Gasteiger partial charge in [0.2, 0.25) is 0 Å². The smallest absolute Gasteiger partial charge is 0.306 e. The summed E-state index contributed by atoms with van der Waals surface area (Å²) in [5, 5.41) is 0. The minimum absolute atomic E-state index is 0.0940. The molecule has 0 radical (unpaired) electrons. The fourth-order valence-electron chi connectivity index (χ4n) is 7.17. The van der Waals surface area contributed by atoms with E-state index in [-0.39, 0.29) is 31.1 Å². The molecule has 0 aromatic carbocycles. The maximum absolute atomic E-state index is 12.8. The Bertz CT molecular complexity index is 1250. The van der Waals surface area contributed by atoms with E-state index in [4.69, 9.17) is 14.2 Å². The molecule has 6 heteroatoms. The topological polar surface area (TPSA) is 78.9 Å². The SMILES string of the molecule is CC/C=C\C/C=C\C/C=C\CCCCCCCC(=O)OCC(COC(=O)CCCCCCC/C=C\CCCCCCCCC)OC(=O)CCCCCCC/C=C\C/C=C\C/C=C\CC. The molecule has 0 saturated heterocycles. The summed E-state index contributed by atoms with van der Waals surface area (Å²) in [5.41, 5.74) is 0. The summed E-state index contributed by atoms with van der Waals surface area (Å²) in [6, 6.07) is 0. The lowest BCUT2D eigenvalue weighted by atomic mass is 10.1. The number of hydrogen-bond donors (Lipinski definition) is 0. The molecule has 0 amide bonds. The van der Waals surface area contributed by atoms with Crippen LogP contribution in [0.1, 0.15) is 245 Å². The molecule has 0 rings (SSSR count). The highest BCUT2D eigenvalue weighted by Gasteiger charge is 2.19. The molecule has 0 heterocycles. The van der Waals surface area contributed by atoms with Gasteiger partial charge in [-0.15, -0.1) is 0 Å². The molecule has 0 aliphatic rings. The van der Waals surface area contributed by atoms with Gasteiger partial charge in [0, 0.05) is 19.3 Å². The Morgan fingerprint density at radius 3 is 0.969 bits per heavy atom. The van der Waals surface area contributed by atoms with Gasteiger partial charge in [0.1, 0.15) is 13.2 Å². The zero-order valence-electron chi connectivity index (χ0n) is 41.8. The molecule has 0 N–H and O–H groups in total. The first-order chi connectivity index (χ1) is 31.5. The van der Waals surface area contributed by atoms with Gasteiger partial charge in [-0.25, -0.2) is 0 Å². The molecule has 1 atom stereocenters. The minimum Gasteiger partial charge on any atom is -0.462 e. The van der Waals surface area contributed by atoms with Crippen LogP contribution in [0.15, 0.2) is 85.1 Å². The second kappa shape index (κ2) is 52.2. The number of unbranched alkanes of at least 4 members (excludes halogenated alkanes) is 22. The standard InChI is InChI=1S/C58H98O6/c1-4-7-10-13-16-19-22-25-28-31-33-36-39-42-45-48-51-57(60)63-54-55(64-58(61)52-49-46-43-40-37-34-30-27-24-21-18-15-12-9-6-3)53-62-56(59)50-47-44-41-38-35-32-29-26-23-20-17-14-11-8-5-2/h8-9,11-12,17-18,20-21,26-31,55H,4-7,10,13-16,19,22-25,32-54H2,1-3H3/b11-8-,12-9-,20-17-,21-18-,29-26-,30-27-,31-28-. The van der Waals surface area contributed by atoms with Crippen molar-refractivity contribution in [3.63, 3.8) is 0 Å². The van der Waals surface area contributed by atoms with Gasteiger partial charge in [-0.3, -0.25) is 14.4 Å². The molecule has 0 aliphatic carbocycles. The summed E-state index contributed by atoms with van der Waals surface area (Å²) in [5.74, 6) is -0.935. The lowest BCUT2D eigenvalue weighted by Gasteiger charge is -2.18. The number of esters is 3. The van der Waals surface area contributed by atoms with E-state index in [1.54, 1.807) is 0 Å². The summed E-state index contributed by atoms with van der Waals surface area (Å²) in [6.45, 7) is 6.38. The molecule has 0 fully saturated rings. The van der Waals surface area contributed by atoms with Crippen molar-refractivity contribution >= 4 is 17.9 Å². The summed E-state index contributed by atoms with van der Waals surface area (Å²) in [7, 11) is 0. The third-order valence-electron chi connectivity index (χ3n) is 11.1. The van der Waals surface area contributed by atoms with E-state index < -0.39 is 6.10 Å². The molecule has 0 spiro atoms. The largest absolute Gasteiger partial charge is 0.462 e. The predicted molar refractivity (Wildman–Crippen MR) is 274 cm³/mol. The monoisotopic (exact) mass is 891 g/mol. The van der Waals surface area contributed by atoms with Crippen molar-refractivity contribution in [2.24, 2.45) is 0 Å². The van der Waals surface area contributed by atoms with Crippen LogP contribution in [0.25, 0.3) is 0 Å². The van der Waals surface area contributed by atoms with E-state index in [2.05, 4.69) is 106 Å². The molecule has 6 nitrogen and oxygen atoms in total. The van der Waals surface area contributed by atoms with Crippen molar-refractivity contribution in [1.29, 1.82) is 0 Å². The van der Waals surface area contributed by atoms with Gasteiger partial charge in [0.05, 0.1) is 0 Å². The zero-order valence-corrected chi connectivity index (χ0v) is 41.8. The average molecular weight is 891 g/mol. The van der Waals surface area contributed by atoms with Crippen LogP contribution >= 0.6 is 0 Å². The normalized spacial score (nSPS) is 12.7. The van der Waals surface area contributed by atoms with E-state index in [0.717, 1.165) is 141 Å². The third kappa shape index (κ3) is 49.6. The van der Waals surface area contributed by atoms with Gasteiger partial charge in [0.25, 0.3) is 0 Å². The maximum atomic E-state index is 12.8. The molecule has 366 valence electrons. The lowest BCUT2D eigenvalue weighted by Crippen LogP contribution is -2.30. The number of allylic oxidation sites excluding steroid dienone is 14. The number of carbonyl (C=O) groups excluding carboxylic acids is 3. The van der Waals surface area contributed by atoms with E-state index in [0.29, 0.717) is 19.3 Å². The first-order valence-corrected chi connectivity index (χ1v) is 26.6. The molecule has 0 saturated carbocycles. The lowest BCUT2D eigenvalue weighted by molar-refractivity contribution is -0.167. The van der Waals surface area contributed by atoms with Crippen molar-refractivity contribution in [2.75, 3.05) is 13.2 Å². The molecule has 0 bridgehead atoms. The van der Waals surface area contributed by atoms with Gasteiger partial charge in [-0.1, -0.05) is 202 Å². The third-order valence-corrected chi connectivity index (χ3v) is 11.1. The van der Waals surface area contributed by atoms with Gasteiger partial charge >= 0.3 is 17.9 Å². The molecule has 64 heavy (non-hydrogen) atoms. The highest BCUT2D eigenvalue weighted by molar-refractivity contribution is 5.71. The zero-order chi connectivity index (χ0) is 46.5. The fraction of sp³-hybridized carbons (Fsp3) is 0.707. The van der Waals surface area contributed by atoms with Crippen molar-refractivity contribution < 1.29 is 28.6 Å². The summed E-state index contributed by atoms with van der Waals surface area (Å²) >= 11 is 0. The summed E-state index contributed by atoms with van der Waals surface area (Å²) in [4.78, 5) is 38.0. The maximum Gasteiger partial charge on any atom is 0.306 e. The fourth-order valence-corrected chi connectivity index (χ4v) is 7.17. The average Bonchev–Trinajstić information content (AvgIpc) is 3.29. The number of rotatable bonds is 47. The van der Waals surface area contributed by atoms with E-state index >= 15 is 0 Å². The first kappa shape index (κ1) is 60.6. The van der Waals surface area contributed by atoms with Crippen molar-refractivity contribution in [2.45, 2.75) is 252 Å². The second-order valence-electron chi connectivity index (χ2n) is 17.4. The van der Waals surface area contributed by atoms with Gasteiger partial charge in [-0.05, 0) is 109 Å². The predicted octanol–water partition coefficient (Wildman–Crippen LogP) is 17.6. The highest BCUT2D eigenvalue weighted by atomic mass is 16.6. The summed E-state index contributed by atoms with van der Waals surface area (Å²) in [6.07, 6.45) is 67.1. The van der Waals surface area contributed by atoms with Crippen molar-refractivity contribution in [3.8, 4) is 0 Å². The van der Waals surface area contributed by atoms with Crippen LogP contribution in [-0.2, 0) is 28.6 Å². The van der Waals surface area contributed by atoms with E-state index in [9.17, 15) is 14.4 Å². The quantitative estimate of drug-likeness (QED) is 0.0262. The Kier molecular flexibility index (Phi) is 49.4. The van der Waals surface area contributed by atoms with Crippen molar-refractivity contribution in [3.05, 3.63) is 85.1 Å². The van der Waals surface area contributed by atoms with Crippen LogP contribution in [0.4, 0.5) is 0 Å². The number of hydrogen-bond acceptors (Lipinski definition) is 6. The van der Waals surface area contributed by atoms with Crippen molar-refractivity contribution in [1.82, 2.24) is 0 Å². The van der Waals surface area contributed by atoms with Crippen LogP contribution in [0.2, 0.25) is 0 Å². The molecule has 0 aliphatic heterocycles. The van der Waals surface area contributed by atoms with Crippen LogP contribution in [0.3, 0.4) is 0 Å². The first-order valence-electron chi connectivity index (χ1n) is 26.6. The minimum atomic E-state index is -0.796. The molecule has 0 aromatic rings. The number of carbonyl (C=O) groups is 3.